The van der Waals surface area contributed by atoms with Crippen molar-refractivity contribution in [2.75, 3.05) is 5.43 Å². The molecule has 2 N–H and O–H groups in total. The molecule has 0 aliphatic rings. The van der Waals surface area contributed by atoms with Crippen molar-refractivity contribution in [3.05, 3.63) is 69.5 Å². The van der Waals surface area contributed by atoms with Gasteiger partial charge in [0.15, 0.2) is 0 Å². The average molecular weight is 385 g/mol. The van der Waals surface area contributed by atoms with Crippen molar-refractivity contribution < 1.29 is 4.79 Å². The molecule has 140 valence electrons. The lowest BCUT2D eigenvalue weighted by atomic mass is 10.1. The molecule has 27 heavy (non-hydrogen) atoms. The van der Waals surface area contributed by atoms with Crippen LogP contribution < -0.4 is 16.4 Å². The minimum atomic E-state index is -0.158. The average Bonchev–Trinajstić information content (AvgIpc) is 2.68. The molecule has 0 radical (unpaired) electrons. The largest absolute Gasteiger partial charge is 0.277 e. The minimum Gasteiger partial charge on any atom is -0.277 e. The SMILES string of the molecule is CCn1c(NNC(=O)CCCc2ccc(Cl)cc2)nc2ccccc2c1=O. The van der Waals surface area contributed by atoms with Gasteiger partial charge in [-0.15, -0.1) is 0 Å². The second-order valence-electron chi connectivity index (χ2n) is 6.16. The van der Waals surface area contributed by atoms with Gasteiger partial charge < -0.3 is 0 Å². The zero-order chi connectivity index (χ0) is 19.2. The van der Waals surface area contributed by atoms with E-state index in [4.69, 9.17) is 11.6 Å². The standard InChI is InChI=1S/C20H21ClN4O2/c1-2-25-19(27)16-7-3-4-8-17(16)22-20(25)24-23-18(26)9-5-6-14-10-12-15(21)13-11-14/h3-4,7-8,10-13H,2,5-6,9H2,1H3,(H,22,24)(H,23,26). The number of hydrogen-bond acceptors (Lipinski definition) is 4. The third-order valence-electron chi connectivity index (χ3n) is 4.27. The van der Waals surface area contributed by atoms with Crippen LogP contribution in [-0.2, 0) is 17.8 Å². The Labute approximate surface area is 162 Å². The maximum atomic E-state index is 12.5. The number of fused-ring (bicyclic) bond motifs is 1. The molecule has 3 aromatic rings. The lowest BCUT2D eigenvalue weighted by Crippen LogP contribution is -2.34. The maximum absolute atomic E-state index is 12.5. The fourth-order valence-corrected chi connectivity index (χ4v) is 2.98. The van der Waals surface area contributed by atoms with Crippen LogP contribution in [0.5, 0.6) is 0 Å². The van der Waals surface area contributed by atoms with Gasteiger partial charge in [-0.05, 0) is 49.6 Å². The van der Waals surface area contributed by atoms with Crippen molar-refractivity contribution in [1.29, 1.82) is 0 Å². The Kier molecular flexibility index (Phi) is 6.08. The molecule has 3 rings (SSSR count). The number of aryl methyl sites for hydroxylation is 1. The van der Waals surface area contributed by atoms with E-state index in [-0.39, 0.29) is 11.5 Å². The summed E-state index contributed by atoms with van der Waals surface area (Å²) in [5.74, 6) is 0.168. The monoisotopic (exact) mass is 384 g/mol. The normalized spacial score (nSPS) is 10.7. The fraction of sp³-hybridized carbons (Fsp3) is 0.250. The number of hydrazine groups is 1. The summed E-state index contributed by atoms with van der Waals surface area (Å²) in [5, 5.41) is 1.25. The summed E-state index contributed by atoms with van der Waals surface area (Å²) in [7, 11) is 0. The van der Waals surface area contributed by atoms with Gasteiger partial charge in [0.2, 0.25) is 11.9 Å². The van der Waals surface area contributed by atoms with E-state index < -0.39 is 0 Å². The molecule has 0 atom stereocenters. The first-order valence-corrected chi connectivity index (χ1v) is 9.25. The molecule has 2 aromatic carbocycles. The van der Waals surface area contributed by atoms with Gasteiger partial charge in [-0.3, -0.25) is 25.0 Å². The zero-order valence-corrected chi connectivity index (χ0v) is 15.8. The highest BCUT2D eigenvalue weighted by Gasteiger charge is 2.10. The predicted molar refractivity (Wildman–Crippen MR) is 108 cm³/mol. The second kappa shape index (κ2) is 8.68. The number of rotatable bonds is 7. The van der Waals surface area contributed by atoms with E-state index >= 15 is 0 Å². The quantitative estimate of drug-likeness (QED) is 0.611. The first-order chi connectivity index (χ1) is 13.1. The Morgan fingerprint density at radius 3 is 2.63 bits per heavy atom. The van der Waals surface area contributed by atoms with Gasteiger partial charge in [0, 0.05) is 18.0 Å². The van der Waals surface area contributed by atoms with Crippen molar-refractivity contribution in [2.45, 2.75) is 32.7 Å². The number of carbonyl (C=O) groups excluding carboxylic acids is 1. The summed E-state index contributed by atoms with van der Waals surface area (Å²) < 4.78 is 1.50. The van der Waals surface area contributed by atoms with Crippen LogP contribution in [0.25, 0.3) is 10.9 Å². The van der Waals surface area contributed by atoms with Gasteiger partial charge in [-0.2, -0.15) is 0 Å². The Bertz CT molecular complexity index is 999. The van der Waals surface area contributed by atoms with Gasteiger partial charge in [0.1, 0.15) is 0 Å². The molecule has 6 nitrogen and oxygen atoms in total. The lowest BCUT2D eigenvalue weighted by Gasteiger charge is -2.14. The Morgan fingerprint density at radius 2 is 1.89 bits per heavy atom. The molecule has 1 amide bonds. The number of hydrogen-bond donors (Lipinski definition) is 2. The second-order valence-corrected chi connectivity index (χ2v) is 6.59. The molecule has 0 spiro atoms. The highest BCUT2D eigenvalue weighted by Crippen LogP contribution is 2.12. The van der Waals surface area contributed by atoms with E-state index in [0.29, 0.717) is 41.3 Å². The molecule has 0 aliphatic carbocycles. The third-order valence-corrected chi connectivity index (χ3v) is 4.53. The molecule has 1 aromatic heterocycles. The topological polar surface area (TPSA) is 76.0 Å². The third kappa shape index (κ3) is 4.65. The molecule has 0 bridgehead atoms. The van der Waals surface area contributed by atoms with Crippen molar-refractivity contribution >= 4 is 34.4 Å². The van der Waals surface area contributed by atoms with Crippen LogP contribution in [0.2, 0.25) is 5.02 Å². The van der Waals surface area contributed by atoms with E-state index in [1.165, 1.54) is 4.57 Å². The van der Waals surface area contributed by atoms with E-state index in [9.17, 15) is 9.59 Å². The highest BCUT2D eigenvalue weighted by atomic mass is 35.5. The summed E-state index contributed by atoms with van der Waals surface area (Å²) in [4.78, 5) is 29.1. The van der Waals surface area contributed by atoms with Gasteiger partial charge in [-0.25, -0.2) is 4.98 Å². The summed E-state index contributed by atoms with van der Waals surface area (Å²) >= 11 is 5.87. The number of amides is 1. The molecular weight excluding hydrogens is 364 g/mol. The maximum Gasteiger partial charge on any atom is 0.262 e. The zero-order valence-electron chi connectivity index (χ0n) is 15.0. The van der Waals surface area contributed by atoms with Crippen LogP contribution in [0.3, 0.4) is 0 Å². The number of nitrogens with zero attached hydrogens (tertiary/aromatic N) is 2. The number of anilines is 1. The van der Waals surface area contributed by atoms with E-state index in [1.54, 1.807) is 18.2 Å². The van der Waals surface area contributed by atoms with Crippen LogP contribution >= 0.6 is 11.6 Å². The van der Waals surface area contributed by atoms with Crippen molar-refractivity contribution in [1.82, 2.24) is 15.0 Å². The molecule has 0 fully saturated rings. The number of carbonyl (C=O) groups is 1. The lowest BCUT2D eigenvalue weighted by molar-refractivity contribution is -0.120. The fourth-order valence-electron chi connectivity index (χ4n) is 2.85. The van der Waals surface area contributed by atoms with Gasteiger partial charge in [-0.1, -0.05) is 35.9 Å². The molecule has 0 aliphatic heterocycles. The van der Waals surface area contributed by atoms with Crippen LogP contribution in [0.15, 0.2) is 53.3 Å². The number of nitrogens with one attached hydrogen (secondary N) is 2. The number of halogens is 1. The Hall–Kier alpha value is -2.86. The first-order valence-electron chi connectivity index (χ1n) is 8.87. The molecule has 0 unspecified atom stereocenters. The first kappa shape index (κ1) is 18.9. The van der Waals surface area contributed by atoms with E-state index in [2.05, 4.69) is 15.8 Å². The van der Waals surface area contributed by atoms with Crippen LogP contribution in [0, 0.1) is 0 Å². The van der Waals surface area contributed by atoms with Crippen molar-refractivity contribution in [2.24, 2.45) is 0 Å². The van der Waals surface area contributed by atoms with Crippen LogP contribution in [-0.4, -0.2) is 15.5 Å². The summed E-state index contributed by atoms with van der Waals surface area (Å²) in [6.07, 6.45) is 1.86. The number of benzene rings is 2. The van der Waals surface area contributed by atoms with E-state index in [1.807, 2.05) is 37.3 Å². The molecular formula is C20H21ClN4O2. The number of para-hydroxylation sites is 1. The van der Waals surface area contributed by atoms with Crippen LogP contribution in [0.1, 0.15) is 25.3 Å². The van der Waals surface area contributed by atoms with Crippen LogP contribution in [0.4, 0.5) is 5.95 Å². The van der Waals surface area contributed by atoms with E-state index in [0.717, 1.165) is 12.0 Å². The summed E-state index contributed by atoms with van der Waals surface area (Å²) in [6.45, 7) is 2.31. The smallest absolute Gasteiger partial charge is 0.262 e. The summed E-state index contributed by atoms with van der Waals surface area (Å²) in [5.41, 5.74) is 7.01. The summed E-state index contributed by atoms with van der Waals surface area (Å²) in [6, 6.07) is 14.7. The van der Waals surface area contributed by atoms with Gasteiger partial charge >= 0.3 is 0 Å². The van der Waals surface area contributed by atoms with Crippen molar-refractivity contribution in [3.63, 3.8) is 0 Å². The highest BCUT2D eigenvalue weighted by molar-refractivity contribution is 6.30. The molecule has 0 saturated carbocycles. The Balaban J connectivity index is 1.60. The molecule has 0 saturated heterocycles. The predicted octanol–water partition coefficient (Wildman–Crippen LogP) is 3.54. The Morgan fingerprint density at radius 1 is 1.15 bits per heavy atom. The molecule has 7 heteroatoms. The minimum absolute atomic E-state index is 0.136. The molecule has 1 heterocycles. The van der Waals surface area contributed by atoms with Crippen molar-refractivity contribution in [3.8, 4) is 0 Å². The van der Waals surface area contributed by atoms with Gasteiger partial charge in [0.05, 0.1) is 10.9 Å². The number of aromatic nitrogens is 2. The van der Waals surface area contributed by atoms with Gasteiger partial charge in [0.25, 0.3) is 5.56 Å².